The van der Waals surface area contributed by atoms with Crippen LogP contribution >= 0.6 is 0 Å². The number of rotatable bonds is 1. The molecule has 0 aromatic heterocycles. The van der Waals surface area contributed by atoms with Gasteiger partial charge in [0, 0.05) is 11.8 Å². The molecular weight excluding hydrogens is 276 g/mol. The molecule has 3 nitrogen and oxygen atoms in total. The third-order valence-corrected chi connectivity index (χ3v) is 5.22. The molecule has 1 aromatic rings. The average molecular weight is 302 g/mol. The second-order valence-corrected chi connectivity index (χ2v) is 7.71. The lowest BCUT2D eigenvalue weighted by molar-refractivity contribution is -0.135. The summed E-state index contributed by atoms with van der Waals surface area (Å²) in [6, 6.07) is 10.9. The zero-order chi connectivity index (χ0) is 16.4. The van der Waals surface area contributed by atoms with Crippen LogP contribution < -0.4 is 0 Å². The lowest BCUT2D eigenvalue weighted by atomic mass is 9.50. The molecule has 0 amide bonds. The van der Waals surface area contributed by atoms with Gasteiger partial charge in [-0.25, -0.2) is 0 Å². The van der Waals surface area contributed by atoms with Gasteiger partial charge in [-0.15, -0.1) is 0 Å². The van der Waals surface area contributed by atoms with Gasteiger partial charge in [-0.1, -0.05) is 51.1 Å². The second-order valence-electron chi connectivity index (χ2n) is 7.71. The normalized spacial score (nSPS) is 32.6. The minimum absolute atomic E-state index is 0.232. The van der Waals surface area contributed by atoms with Gasteiger partial charge in [0.2, 0.25) is 0 Å². The molecule has 1 aromatic carbocycles. The van der Waals surface area contributed by atoms with E-state index in [1.54, 1.807) is 0 Å². The summed E-state index contributed by atoms with van der Waals surface area (Å²) in [5.74, 6) is 1.03. The summed E-state index contributed by atoms with van der Waals surface area (Å²) in [4.78, 5) is 20.8. The predicted octanol–water partition coefficient (Wildman–Crippen LogP) is 4.06. The van der Waals surface area contributed by atoms with Crippen molar-refractivity contribution in [3.05, 3.63) is 35.9 Å². The van der Waals surface area contributed by atoms with Crippen LogP contribution in [0.15, 0.2) is 30.3 Å². The maximum Gasteiger partial charge on any atom is 0.290 e. The van der Waals surface area contributed by atoms with Crippen molar-refractivity contribution in [2.45, 2.75) is 51.9 Å². The van der Waals surface area contributed by atoms with E-state index < -0.39 is 0 Å². The van der Waals surface area contributed by atoms with Crippen LogP contribution in [0.2, 0.25) is 0 Å². The number of carboxylic acid groups (broad SMARTS) is 1. The number of Topliss-reactive ketones (excluding diaryl/α,β-unsaturated/α-hetero) is 1. The van der Waals surface area contributed by atoms with E-state index >= 15 is 0 Å². The Bertz CT molecular complexity index is 531. The maximum absolute atomic E-state index is 12.4. The summed E-state index contributed by atoms with van der Waals surface area (Å²) in [5, 5.41) is 6.89. The van der Waals surface area contributed by atoms with E-state index in [1.165, 1.54) is 12.0 Å². The van der Waals surface area contributed by atoms with E-state index in [0.29, 0.717) is 5.78 Å². The van der Waals surface area contributed by atoms with Gasteiger partial charge >= 0.3 is 0 Å². The third kappa shape index (κ3) is 3.23. The Morgan fingerprint density at radius 3 is 2.32 bits per heavy atom. The maximum atomic E-state index is 12.4. The van der Waals surface area contributed by atoms with Gasteiger partial charge in [0.25, 0.3) is 6.47 Å². The summed E-state index contributed by atoms with van der Waals surface area (Å²) in [7, 11) is 0. The molecule has 0 aliphatic heterocycles. The first-order valence-corrected chi connectivity index (χ1v) is 8.01. The molecule has 2 aliphatic carbocycles. The minimum Gasteiger partial charge on any atom is -0.483 e. The summed E-state index contributed by atoms with van der Waals surface area (Å²) in [6.07, 6.45) is 4.41. The number of carbonyl (C=O) groups excluding carboxylic acids is 1. The Kier molecular flexibility index (Phi) is 4.74. The molecule has 120 valence electrons. The summed E-state index contributed by atoms with van der Waals surface area (Å²) >= 11 is 0. The molecule has 3 heteroatoms. The third-order valence-electron chi connectivity index (χ3n) is 5.22. The number of benzene rings is 1. The highest BCUT2D eigenvalue weighted by molar-refractivity contribution is 5.84. The van der Waals surface area contributed by atoms with Crippen molar-refractivity contribution in [3.8, 4) is 0 Å². The largest absolute Gasteiger partial charge is 0.483 e. The van der Waals surface area contributed by atoms with Gasteiger partial charge in [-0.3, -0.25) is 9.59 Å². The van der Waals surface area contributed by atoms with E-state index in [2.05, 4.69) is 51.1 Å². The summed E-state index contributed by atoms with van der Waals surface area (Å²) in [5.41, 5.74) is 1.97. The standard InChI is InChI=1S/C18H24O.CH2O2/c1-13-9-18(15-7-5-4-6-8-15)11-14(16(13)19)10-17(2,3)12-18;2-1-3/h4-8,13-14H,9-12H2,1-3H3;1H,(H,2,3). The molecule has 2 aliphatic rings. The SMILES string of the molecule is CC1CC2(c3ccccc3)CC(CC(C)(C)C2)C1=O.O=CO. The van der Waals surface area contributed by atoms with Gasteiger partial charge in [0.15, 0.2) is 0 Å². The summed E-state index contributed by atoms with van der Waals surface area (Å²) < 4.78 is 0. The molecule has 22 heavy (non-hydrogen) atoms. The van der Waals surface area contributed by atoms with Crippen LogP contribution in [-0.2, 0) is 15.0 Å². The zero-order valence-corrected chi connectivity index (χ0v) is 13.7. The van der Waals surface area contributed by atoms with Crippen LogP contribution in [0.25, 0.3) is 0 Å². The number of carbonyl (C=O) groups is 2. The highest BCUT2D eigenvalue weighted by Gasteiger charge is 2.52. The first-order chi connectivity index (χ1) is 10.3. The fourth-order valence-electron chi connectivity index (χ4n) is 4.85. The molecule has 2 saturated carbocycles. The van der Waals surface area contributed by atoms with Crippen LogP contribution in [-0.4, -0.2) is 17.4 Å². The second kappa shape index (κ2) is 6.23. The lowest BCUT2D eigenvalue weighted by Gasteiger charge is -2.53. The first kappa shape index (κ1) is 16.7. The number of fused-ring (bicyclic) bond motifs is 2. The highest BCUT2D eigenvalue weighted by atomic mass is 16.3. The van der Waals surface area contributed by atoms with Crippen molar-refractivity contribution < 1.29 is 14.7 Å². The Balaban J connectivity index is 0.000000545. The molecule has 0 spiro atoms. The van der Waals surface area contributed by atoms with Crippen LogP contribution in [0.3, 0.4) is 0 Å². The van der Waals surface area contributed by atoms with Crippen LogP contribution in [0.1, 0.15) is 52.0 Å². The molecule has 2 bridgehead atoms. The van der Waals surface area contributed by atoms with Gasteiger partial charge in [0.1, 0.15) is 5.78 Å². The van der Waals surface area contributed by atoms with E-state index in [-0.39, 0.29) is 29.1 Å². The van der Waals surface area contributed by atoms with Crippen molar-refractivity contribution in [2.75, 3.05) is 0 Å². The summed E-state index contributed by atoms with van der Waals surface area (Å²) in [6.45, 7) is 6.55. The Hall–Kier alpha value is -1.64. The van der Waals surface area contributed by atoms with Gasteiger partial charge in [0.05, 0.1) is 0 Å². The topological polar surface area (TPSA) is 54.4 Å². The number of hydrogen-bond donors (Lipinski definition) is 1. The van der Waals surface area contributed by atoms with Crippen molar-refractivity contribution in [1.29, 1.82) is 0 Å². The van der Waals surface area contributed by atoms with Crippen LogP contribution in [0.4, 0.5) is 0 Å². The van der Waals surface area contributed by atoms with Gasteiger partial charge in [-0.2, -0.15) is 0 Å². The Morgan fingerprint density at radius 1 is 1.14 bits per heavy atom. The smallest absolute Gasteiger partial charge is 0.290 e. The van der Waals surface area contributed by atoms with Crippen molar-refractivity contribution >= 4 is 12.3 Å². The van der Waals surface area contributed by atoms with Crippen molar-refractivity contribution in [2.24, 2.45) is 17.3 Å². The fraction of sp³-hybridized carbons (Fsp3) is 0.579. The number of ketones is 1. The molecule has 3 rings (SSSR count). The average Bonchev–Trinajstić information content (AvgIpc) is 2.45. The van der Waals surface area contributed by atoms with E-state index in [9.17, 15) is 4.79 Å². The first-order valence-electron chi connectivity index (χ1n) is 8.01. The van der Waals surface area contributed by atoms with E-state index in [0.717, 1.165) is 19.3 Å². The molecule has 2 fully saturated rings. The Morgan fingerprint density at radius 2 is 1.73 bits per heavy atom. The van der Waals surface area contributed by atoms with Gasteiger partial charge < -0.3 is 5.11 Å². The van der Waals surface area contributed by atoms with Crippen LogP contribution in [0, 0.1) is 17.3 Å². The quantitative estimate of drug-likeness (QED) is 0.796. The molecule has 0 heterocycles. The predicted molar refractivity (Wildman–Crippen MR) is 86.7 cm³/mol. The van der Waals surface area contributed by atoms with E-state index in [4.69, 9.17) is 9.90 Å². The Labute approximate surface area is 132 Å². The van der Waals surface area contributed by atoms with Crippen molar-refractivity contribution in [1.82, 2.24) is 0 Å². The van der Waals surface area contributed by atoms with Crippen molar-refractivity contribution in [3.63, 3.8) is 0 Å². The monoisotopic (exact) mass is 302 g/mol. The molecular formula is C19H26O3. The molecule has 3 atom stereocenters. The zero-order valence-electron chi connectivity index (χ0n) is 13.7. The molecule has 3 unspecified atom stereocenters. The molecule has 0 saturated heterocycles. The van der Waals surface area contributed by atoms with Gasteiger partial charge in [-0.05, 0) is 42.1 Å². The fourth-order valence-corrected chi connectivity index (χ4v) is 4.85. The molecule has 0 radical (unpaired) electrons. The minimum atomic E-state index is -0.250. The van der Waals surface area contributed by atoms with E-state index in [1.807, 2.05) is 0 Å². The van der Waals surface area contributed by atoms with Crippen LogP contribution in [0.5, 0.6) is 0 Å². The number of hydrogen-bond acceptors (Lipinski definition) is 2. The highest BCUT2D eigenvalue weighted by Crippen LogP contribution is 2.56. The lowest BCUT2D eigenvalue weighted by Crippen LogP contribution is -2.49. The molecule has 1 N–H and O–H groups in total.